The zero-order valence-corrected chi connectivity index (χ0v) is 12.0. The number of nitrogens with zero attached hydrogens (tertiary/aromatic N) is 1. The van der Waals surface area contributed by atoms with Crippen LogP contribution in [0.4, 0.5) is 0 Å². The summed E-state index contributed by atoms with van der Waals surface area (Å²) in [6, 6.07) is 0. The maximum atomic E-state index is 12.2. The quantitative estimate of drug-likeness (QED) is 0.768. The van der Waals surface area contributed by atoms with Gasteiger partial charge in [0.25, 0.3) is 0 Å². The number of esters is 1. The van der Waals surface area contributed by atoms with E-state index in [-0.39, 0.29) is 28.7 Å². The summed E-state index contributed by atoms with van der Waals surface area (Å²) in [5.41, 5.74) is 1.06. The highest BCUT2D eigenvalue weighted by Crippen LogP contribution is 2.66. The third kappa shape index (κ3) is 1.58. The normalized spacial score (nSPS) is 35.6. The van der Waals surface area contributed by atoms with Gasteiger partial charge in [0.1, 0.15) is 6.10 Å². The Morgan fingerprint density at radius 2 is 2.21 bits per heavy atom. The summed E-state index contributed by atoms with van der Waals surface area (Å²) >= 11 is 0. The van der Waals surface area contributed by atoms with Crippen molar-refractivity contribution in [3.05, 3.63) is 17.5 Å². The highest BCUT2D eigenvalue weighted by atomic mass is 16.6. The molecular formula is C15H21NO3. The molecule has 0 amide bonds. The topological polar surface area (TPSA) is 52.3 Å². The van der Waals surface area contributed by atoms with Crippen molar-refractivity contribution in [3.8, 4) is 0 Å². The lowest BCUT2D eigenvalue weighted by molar-refractivity contribution is -0.0271. The Kier molecular flexibility index (Phi) is 2.57. The molecule has 3 rings (SSSR count). The summed E-state index contributed by atoms with van der Waals surface area (Å²) in [6.45, 7) is 8.67. The Morgan fingerprint density at radius 3 is 2.68 bits per heavy atom. The van der Waals surface area contributed by atoms with Crippen molar-refractivity contribution in [1.82, 2.24) is 5.16 Å². The molecule has 19 heavy (non-hydrogen) atoms. The van der Waals surface area contributed by atoms with Crippen LogP contribution in [0.1, 0.15) is 56.2 Å². The van der Waals surface area contributed by atoms with Gasteiger partial charge in [0.15, 0.2) is 0 Å². The molecule has 1 heterocycles. The van der Waals surface area contributed by atoms with Crippen LogP contribution in [-0.4, -0.2) is 17.2 Å². The zero-order valence-electron chi connectivity index (χ0n) is 12.0. The van der Waals surface area contributed by atoms with Crippen LogP contribution in [-0.2, 0) is 4.74 Å². The molecule has 2 aliphatic carbocycles. The fourth-order valence-corrected chi connectivity index (χ4v) is 3.98. The minimum atomic E-state index is -0.371. The van der Waals surface area contributed by atoms with Gasteiger partial charge in [0.2, 0.25) is 5.76 Å². The van der Waals surface area contributed by atoms with Crippen molar-refractivity contribution in [3.63, 3.8) is 0 Å². The summed E-state index contributed by atoms with van der Waals surface area (Å²) in [5, 5.41) is 3.64. The Bertz CT molecular complexity index is 519. The van der Waals surface area contributed by atoms with Crippen molar-refractivity contribution in [2.45, 2.75) is 53.1 Å². The molecule has 0 spiro atoms. The standard InChI is InChI=1S/C15H21NO3/c1-9-8-16-19-12(9)13(17)18-11-7-10-5-6-15(11,4)14(10,2)3/h8,10-11H,5-7H2,1-4H3. The van der Waals surface area contributed by atoms with Gasteiger partial charge < -0.3 is 9.26 Å². The second kappa shape index (κ2) is 3.84. The minimum absolute atomic E-state index is 0.00162. The monoisotopic (exact) mass is 263 g/mol. The van der Waals surface area contributed by atoms with Crippen LogP contribution in [0.5, 0.6) is 0 Å². The molecule has 0 aromatic carbocycles. The Labute approximate surface area is 113 Å². The van der Waals surface area contributed by atoms with Crippen molar-refractivity contribution in [2.24, 2.45) is 16.7 Å². The molecule has 104 valence electrons. The van der Waals surface area contributed by atoms with Crippen LogP contribution in [0.15, 0.2) is 10.7 Å². The number of hydrogen-bond acceptors (Lipinski definition) is 4. The molecule has 2 saturated carbocycles. The van der Waals surface area contributed by atoms with Crippen molar-refractivity contribution < 1.29 is 14.1 Å². The zero-order chi connectivity index (χ0) is 13.8. The van der Waals surface area contributed by atoms with Crippen LogP contribution < -0.4 is 0 Å². The van der Waals surface area contributed by atoms with E-state index in [2.05, 4.69) is 25.9 Å². The highest BCUT2D eigenvalue weighted by molar-refractivity contribution is 5.87. The lowest BCUT2D eigenvalue weighted by Gasteiger charge is -2.38. The summed E-state index contributed by atoms with van der Waals surface area (Å²) in [7, 11) is 0. The first-order valence-corrected chi connectivity index (χ1v) is 6.98. The van der Waals surface area contributed by atoms with E-state index in [0.717, 1.165) is 18.4 Å². The van der Waals surface area contributed by atoms with E-state index >= 15 is 0 Å². The summed E-state index contributed by atoms with van der Waals surface area (Å²) in [6.07, 6.45) is 4.90. The Balaban J connectivity index is 1.79. The first-order valence-electron chi connectivity index (χ1n) is 6.98. The molecule has 4 heteroatoms. The van der Waals surface area contributed by atoms with Crippen LogP contribution in [0, 0.1) is 23.7 Å². The molecule has 2 bridgehead atoms. The number of fused-ring (bicyclic) bond motifs is 2. The number of carbonyl (C=O) groups excluding carboxylic acids is 1. The van der Waals surface area contributed by atoms with Gasteiger partial charge in [-0.1, -0.05) is 25.9 Å². The summed E-state index contributed by atoms with van der Waals surface area (Å²) in [4.78, 5) is 12.2. The minimum Gasteiger partial charge on any atom is -0.456 e. The van der Waals surface area contributed by atoms with E-state index in [1.165, 1.54) is 6.42 Å². The summed E-state index contributed by atoms with van der Waals surface area (Å²) in [5.74, 6) is 0.528. The van der Waals surface area contributed by atoms with E-state index in [9.17, 15) is 4.79 Å². The number of rotatable bonds is 2. The van der Waals surface area contributed by atoms with Gasteiger partial charge in [-0.3, -0.25) is 0 Å². The fraction of sp³-hybridized carbons (Fsp3) is 0.733. The third-order valence-electron chi connectivity index (χ3n) is 5.90. The molecule has 3 atom stereocenters. The maximum absolute atomic E-state index is 12.2. The average molecular weight is 263 g/mol. The molecule has 2 aliphatic rings. The molecular weight excluding hydrogens is 242 g/mol. The van der Waals surface area contributed by atoms with Crippen LogP contribution in [0.25, 0.3) is 0 Å². The molecule has 2 fully saturated rings. The van der Waals surface area contributed by atoms with Gasteiger partial charge in [-0.25, -0.2) is 4.79 Å². The Morgan fingerprint density at radius 1 is 1.47 bits per heavy atom. The van der Waals surface area contributed by atoms with Crippen molar-refractivity contribution in [2.75, 3.05) is 0 Å². The second-order valence-electron chi connectivity index (χ2n) is 6.84. The second-order valence-corrected chi connectivity index (χ2v) is 6.84. The van der Waals surface area contributed by atoms with Crippen molar-refractivity contribution >= 4 is 5.97 Å². The molecule has 1 aromatic rings. The first-order chi connectivity index (χ1) is 8.86. The molecule has 4 nitrogen and oxygen atoms in total. The van der Waals surface area contributed by atoms with Gasteiger partial charge in [-0.15, -0.1) is 0 Å². The van der Waals surface area contributed by atoms with Crippen LogP contribution in [0.3, 0.4) is 0 Å². The van der Waals surface area contributed by atoms with Crippen molar-refractivity contribution in [1.29, 1.82) is 0 Å². The maximum Gasteiger partial charge on any atom is 0.377 e. The number of hydrogen-bond donors (Lipinski definition) is 0. The molecule has 3 unspecified atom stereocenters. The van der Waals surface area contributed by atoms with Gasteiger partial charge in [-0.2, -0.15) is 0 Å². The average Bonchev–Trinajstić information content (AvgIpc) is 2.90. The predicted octanol–water partition coefficient (Wildman–Crippen LogP) is 3.35. The fourth-order valence-electron chi connectivity index (χ4n) is 3.98. The lowest BCUT2D eigenvalue weighted by atomic mass is 9.70. The van der Waals surface area contributed by atoms with Gasteiger partial charge in [0.05, 0.1) is 6.20 Å². The lowest BCUT2D eigenvalue weighted by Crippen LogP contribution is -2.38. The van der Waals surface area contributed by atoms with Crippen LogP contribution in [0.2, 0.25) is 0 Å². The summed E-state index contributed by atoms with van der Waals surface area (Å²) < 4.78 is 10.7. The van der Waals surface area contributed by atoms with E-state index in [1.807, 2.05) is 0 Å². The van der Waals surface area contributed by atoms with Crippen LogP contribution >= 0.6 is 0 Å². The number of aromatic nitrogens is 1. The highest BCUT2D eigenvalue weighted by Gasteiger charge is 2.63. The SMILES string of the molecule is Cc1cnoc1C(=O)OC1CC2CCC1(C)C2(C)C. The molecule has 1 aromatic heterocycles. The number of aryl methyl sites for hydroxylation is 1. The van der Waals surface area contributed by atoms with Gasteiger partial charge in [0, 0.05) is 11.0 Å². The molecule has 0 radical (unpaired) electrons. The molecule has 0 aliphatic heterocycles. The molecule has 0 saturated heterocycles. The first kappa shape index (κ1) is 12.7. The number of carbonyl (C=O) groups is 1. The smallest absolute Gasteiger partial charge is 0.377 e. The largest absolute Gasteiger partial charge is 0.456 e. The van der Waals surface area contributed by atoms with E-state index in [0.29, 0.717) is 5.92 Å². The predicted molar refractivity (Wildman–Crippen MR) is 69.7 cm³/mol. The number of ether oxygens (including phenoxy) is 1. The van der Waals surface area contributed by atoms with E-state index in [4.69, 9.17) is 9.26 Å². The van der Waals surface area contributed by atoms with Gasteiger partial charge in [-0.05, 0) is 37.5 Å². The van der Waals surface area contributed by atoms with E-state index < -0.39 is 0 Å². The Hall–Kier alpha value is -1.32. The third-order valence-corrected chi connectivity index (χ3v) is 5.90. The van der Waals surface area contributed by atoms with E-state index in [1.54, 1.807) is 13.1 Å². The molecule has 0 N–H and O–H groups in total. The van der Waals surface area contributed by atoms with Gasteiger partial charge >= 0.3 is 5.97 Å².